The first kappa shape index (κ1) is 27.7. The Hall–Kier alpha value is -3.85. The van der Waals surface area contributed by atoms with Gasteiger partial charge in [0.2, 0.25) is 5.95 Å². The summed E-state index contributed by atoms with van der Waals surface area (Å²) in [6, 6.07) is 21.6. The van der Waals surface area contributed by atoms with Crippen LogP contribution in [0.2, 0.25) is 0 Å². The van der Waals surface area contributed by atoms with Crippen molar-refractivity contribution < 1.29 is 4.79 Å². The van der Waals surface area contributed by atoms with Crippen molar-refractivity contribution in [2.45, 2.75) is 19.4 Å². The minimum atomic E-state index is -0.129. The monoisotopic (exact) mass is 518 g/mol. The minimum Gasteiger partial charge on any atom is -0.355 e. The van der Waals surface area contributed by atoms with Gasteiger partial charge < -0.3 is 10.1 Å². The van der Waals surface area contributed by atoms with Gasteiger partial charge in [0.25, 0.3) is 5.56 Å². The quantitative estimate of drug-likeness (QED) is 0.156. The highest BCUT2D eigenvalue weighted by Gasteiger charge is 2.19. The van der Waals surface area contributed by atoms with Gasteiger partial charge in [0.05, 0.1) is 17.8 Å². The second-order valence-corrected chi connectivity index (χ2v) is 8.50. The van der Waals surface area contributed by atoms with Gasteiger partial charge in [-0.25, -0.2) is 10.4 Å². The third-order valence-electron chi connectivity index (χ3n) is 5.93. The maximum absolute atomic E-state index is 13.6. The Kier molecular flexibility index (Phi) is 10.1. The zero-order valence-corrected chi connectivity index (χ0v) is 21.7. The van der Waals surface area contributed by atoms with Gasteiger partial charge in [0, 0.05) is 37.6 Å². The number of nitrogens with zero attached hydrogens (tertiary/aromatic N) is 3. The molecule has 0 aliphatic rings. The van der Waals surface area contributed by atoms with E-state index in [2.05, 4.69) is 21.2 Å². The van der Waals surface area contributed by atoms with Crippen molar-refractivity contribution in [3.8, 4) is 22.4 Å². The Balaban J connectivity index is 0.00000380. The molecule has 192 valence electrons. The van der Waals surface area contributed by atoms with Gasteiger partial charge in [-0.2, -0.15) is 0 Å². The maximum atomic E-state index is 13.6. The van der Waals surface area contributed by atoms with Crippen molar-refractivity contribution in [3.63, 3.8) is 0 Å². The number of carbonyl (C=O) groups excluding carboxylic acids is 1. The molecule has 0 bridgehead atoms. The standard InChI is InChI=1S/C28H30N6O2.ClH/c1-20-7-6-10-23(19-20)25-26(22-11-14-29-15-12-22)32-28(34(2)27(25)36)30-16-13-24(33-31-17-18-35)21-8-4-3-5-9-21;/h3-12,14-15,18-19,24,31,33H,13,16-17H2,1-2H3,(H,30,32);1H/t24-;/m0./s1. The van der Waals surface area contributed by atoms with Crippen LogP contribution in [0, 0.1) is 6.92 Å². The molecule has 0 aliphatic carbocycles. The van der Waals surface area contributed by atoms with E-state index in [1.165, 1.54) is 0 Å². The number of pyridine rings is 1. The lowest BCUT2D eigenvalue weighted by molar-refractivity contribution is -0.107. The van der Waals surface area contributed by atoms with E-state index in [4.69, 9.17) is 4.98 Å². The summed E-state index contributed by atoms with van der Waals surface area (Å²) >= 11 is 0. The SMILES string of the molecule is Cc1cccc(-c2c(-c3ccncc3)nc(NCC[C@H](NNCC=O)c3ccccc3)n(C)c2=O)c1.Cl. The lowest BCUT2D eigenvalue weighted by atomic mass is 9.99. The van der Waals surface area contributed by atoms with Crippen LogP contribution in [-0.2, 0) is 11.8 Å². The highest BCUT2D eigenvalue weighted by molar-refractivity contribution is 5.85. The normalized spacial score (nSPS) is 11.4. The maximum Gasteiger partial charge on any atom is 0.263 e. The zero-order valence-electron chi connectivity index (χ0n) is 20.8. The van der Waals surface area contributed by atoms with Crippen molar-refractivity contribution in [2.75, 3.05) is 18.4 Å². The number of rotatable bonds is 11. The van der Waals surface area contributed by atoms with E-state index in [0.29, 0.717) is 30.2 Å². The third kappa shape index (κ3) is 6.89. The van der Waals surface area contributed by atoms with E-state index in [1.807, 2.05) is 73.7 Å². The molecule has 0 amide bonds. The van der Waals surface area contributed by atoms with Gasteiger partial charge in [-0.15, -0.1) is 12.4 Å². The Labute approximate surface area is 222 Å². The molecule has 37 heavy (non-hydrogen) atoms. The summed E-state index contributed by atoms with van der Waals surface area (Å²) in [5.41, 5.74) is 11.0. The lowest BCUT2D eigenvalue weighted by Crippen LogP contribution is -2.37. The summed E-state index contributed by atoms with van der Waals surface area (Å²) in [5.74, 6) is 0.482. The number of hydrogen-bond donors (Lipinski definition) is 3. The van der Waals surface area contributed by atoms with Crippen molar-refractivity contribution in [2.24, 2.45) is 7.05 Å². The van der Waals surface area contributed by atoms with Crippen LogP contribution in [0.4, 0.5) is 5.95 Å². The van der Waals surface area contributed by atoms with Gasteiger partial charge in [-0.05, 0) is 36.6 Å². The number of anilines is 1. The topological polar surface area (TPSA) is 101 Å². The average Bonchev–Trinajstić information content (AvgIpc) is 2.91. The molecule has 0 aliphatic heterocycles. The van der Waals surface area contributed by atoms with E-state index in [-0.39, 0.29) is 30.6 Å². The lowest BCUT2D eigenvalue weighted by Gasteiger charge is -2.21. The molecule has 0 saturated carbocycles. The summed E-state index contributed by atoms with van der Waals surface area (Å²) in [6.07, 6.45) is 4.90. The number of aldehydes is 1. The predicted octanol–water partition coefficient (Wildman–Crippen LogP) is 4.08. The number of aryl methyl sites for hydroxylation is 1. The molecule has 3 N–H and O–H groups in total. The number of hydrogen-bond acceptors (Lipinski definition) is 7. The number of halogens is 1. The van der Waals surface area contributed by atoms with Crippen LogP contribution in [0.1, 0.15) is 23.6 Å². The summed E-state index contributed by atoms with van der Waals surface area (Å²) < 4.78 is 1.55. The fourth-order valence-corrected chi connectivity index (χ4v) is 4.10. The molecule has 0 radical (unpaired) electrons. The second kappa shape index (κ2) is 13.5. The highest BCUT2D eigenvalue weighted by atomic mass is 35.5. The van der Waals surface area contributed by atoms with Crippen LogP contribution in [0.5, 0.6) is 0 Å². The number of aromatic nitrogens is 3. The molecule has 0 fully saturated rings. The van der Waals surface area contributed by atoms with Gasteiger partial charge in [-0.3, -0.25) is 19.8 Å². The molecule has 0 saturated heterocycles. The van der Waals surface area contributed by atoms with Crippen LogP contribution >= 0.6 is 12.4 Å². The second-order valence-electron chi connectivity index (χ2n) is 8.50. The fourth-order valence-electron chi connectivity index (χ4n) is 4.10. The number of hydrazine groups is 1. The molecular formula is C28H31ClN6O2. The fraction of sp³-hybridized carbons (Fsp3) is 0.214. The van der Waals surface area contributed by atoms with Crippen molar-refractivity contribution in [3.05, 3.63) is 101 Å². The molecule has 2 aromatic carbocycles. The van der Waals surface area contributed by atoms with Gasteiger partial charge >= 0.3 is 0 Å². The summed E-state index contributed by atoms with van der Waals surface area (Å²) in [7, 11) is 1.73. The van der Waals surface area contributed by atoms with E-state index in [1.54, 1.807) is 24.0 Å². The number of carbonyl (C=O) groups is 1. The molecule has 4 rings (SSSR count). The van der Waals surface area contributed by atoms with Crippen molar-refractivity contribution >= 4 is 24.6 Å². The average molecular weight is 519 g/mol. The third-order valence-corrected chi connectivity index (χ3v) is 5.93. The summed E-state index contributed by atoms with van der Waals surface area (Å²) in [5, 5.41) is 3.34. The molecule has 0 spiro atoms. The van der Waals surface area contributed by atoms with E-state index in [9.17, 15) is 9.59 Å². The Morgan fingerprint density at radius 3 is 2.46 bits per heavy atom. The summed E-state index contributed by atoms with van der Waals surface area (Å²) in [4.78, 5) is 33.3. The summed E-state index contributed by atoms with van der Waals surface area (Å²) in [6.45, 7) is 2.77. The van der Waals surface area contributed by atoms with Crippen LogP contribution in [-0.4, -0.2) is 33.9 Å². The molecule has 8 nitrogen and oxygen atoms in total. The van der Waals surface area contributed by atoms with Crippen LogP contribution < -0.4 is 21.7 Å². The number of benzene rings is 2. The Morgan fingerprint density at radius 2 is 1.76 bits per heavy atom. The smallest absolute Gasteiger partial charge is 0.263 e. The largest absolute Gasteiger partial charge is 0.355 e. The first-order valence-electron chi connectivity index (χ1n) is 11.9. The molecule has 2 heterocycles. The van der Waals surface area contributed by atoms with E-state index in [0.717, 1.165) is 28.5 Å². The predicted molar refractivity (Wildman–Crippen MR) is 150 cm³/mol. The highest BCUT2D eigenvalue weighted by Crippen LogP contribution is 2.29. The molecule has 9 heteroatoms. The first-order valence-corrected chi connectivity index (χ1v) is 11.9. The molecule has 0 unspecified atom stereocenters. The van der Waals surface area contributed by atoms with Gasteiger partial charge in [-0.1, -0.05) is 60.2 Å². The molecule has 1 atom stereocenters. The first-order chi connectivity index (χ1) is 17.6. The Bertz CT molecular complexity index is 1360. The van der Waals surface area contributed by atoms with E-state index < -0.39 is 0 Å². The van der Waals surface area contributed by atoms with Gasteiger partial charge in [0.15, 0.2) is 0 Å². The zero-order chi connectivity index (χ0) is 25.3. The van der Waals surface area contributed by atoms with Crippen LogP contribution in [0.25, 0.3) is 22.4 Å². The van der Waals surface area contributed by atoms with Crippen molar-refractivity contribution in [1.82, 2.24) is 25.4 Å². The Morgan fingerprint density at radius 1 is 1.00 bits per heavy atom. The molecular weight excluding hydrogens is 488 g/mol. The van der Waals surface area contributed by atoms with Crippen molar-refractivity contribution in [1.29, 1.82) is 0 Å². The van der Waals surface area contributed by atoms with Gasteiger partial charge in [0.1, 0.15) is 6.29 Å². The van der Waals surface area contributed by atoms with Crippen LogP contribution in [0.3, 0.4) is 0 Å². The minimum absolute atomic E-state index is 0. The molecule has 2 aromatic heterocycles. The van der Waals surface area contributed by atoms with Crippen LogP contribution in [0.15, 0.2) is 83.9 Å². The number of nitrogens with one attached hydrogen (secondary N) is 3. The molecule has 4 aromatic rings. The van der Waals surface area contributed by atoms with E-state index >= 15 is 0 Å².